The molecule has 17 heavy (non-hydrogen) atoms. The van der Waals surface area contributed by atoms with Crippen LogP contribution in [0.15, 0.2) is 27.5 Å². The van der Waals surface area contributed by atoms with Gasteiger partial charge >= 0.3 is 5.76 Å². The van der Waals surface area contributed by atoms with Crippen LogP contribution >= 0.6 is 0 Å². The van der Waals surface area contributed by atoms with Gasteiger partial charge in [0.2, 0.25) is 0 Å². The highest BCUT2D eigenvalue weighted by Gasteiger charge is 2.08. The predicted octanol–water partition coefficient (Wildman–Crippen LogP) is 1.38. The van der Waals surface area contributed by atoms with Crippen LogP contribution in [-0.4, -0.2) is 22.6 Å². The second-order valence-electron chi connectivity index (χ2n) is 3.95. The number of pyridine rings is 1. The zero-order valence-corrected chi connectivity index (χ0v) is 9.98. The summed E-state index contributed by atoms with van der Waals surface area (Å²) in [6.45, 7) is 4.68. The van der Waals surface area contributed by atoms with E-state index in [2.05, 4.69) is 17.2 Å². The van der Waals surface area contributed by atoms with Crippen molar-refractivity contribution < 1.29 is 4.42 Å². The molecule has 5 nitrogen and oxygen atoms in total. The van der Waals surface area contributed by atoms with Crippen LogP contribution in [-0.2, 0) is 6.54 Å². The van der Waals surface area contributed by atoms with Crippen molar-refractivity contribution in [1.29, 1.82) is 0 Å². The molecule has 5 heteroatoms. The first-order chi connectivity index (χ1) is 8.33. The van der Waals surface area contributed by atoms with Crippen LogP contribution in [0.4, 0.5) is 0 Å². The van der Waals surface area contributed by atoms with Crippen molar-refractivity contribution in [2.24, 2.45) is 0 Å². The Morgan fingerprint density at radius 2 is 2.35 bits per heavy atom. The van der Waals surface area contributed by atoms with E-state index in [-0.39, 0.29) is 5.76 Å². The number of hydrogen-bond donors (Lipinski definition) is 1. The molecule has 2 aromatic rings. The number of oxazole rings is 1. The van der Waals surface area contributed by atoms with Crippen molar-refractivity contribution in [2.75, 3.05) is 13.1 Å². The molecule has 0 spiro atoms. The standard InChI is InChI=1S/C12H17N3O2/c1-2-6-13-7-4-9-15-11-10(17-12(15)16)5-3-8-14-11/h3,5,8,13H,2,4,6-7,9H2,1H3. The number of nitrogens with zero attached hydrogens (tertiary/aromatic N) is 2. The number of aryl methyl sites for hydroxylation is 1. The normalized spacial score (nSPS) is 11.1. The molecule has 0 radical (unpaired) electrons. The maximum absolute atomic E-state index is 11.6. The van der Waals surface area contributed by atoms with Crippen LogP contribution in [0.3, 0.4) is 0 Å². The van der Waals surface area contributed by atoms with Crippen molar-refractivity contribution in [2.45, 2.75) is 26.3 Å². The minimum absolute atomic E-state index is 0.325. The number of nitrogens with one attached hydrogen (secondary N) is 1. The van der Waals surface area contributed by atoms with E-state index in [1.807, 2.05) is 0 Å². The van der Waals surface area contributed by atoms with Crippen molar-refractivity contribution in [3.05, 3.63) is 28.9 Å². The topological polar surface area (TPSA) is 60.1 Å². The van der Waals surface area contributed by atoms with Gasteiger partial charge in [0, 0.05) is 12.7 Å². The molecule has 2 heterocycles. The van der Waals surface area contributed by atoms with Gasteiger partial charge in [-0.05, 0) is 38.1 Å². The highest BCUT2D eigenvalue weighted by Crippen LogP contribution is 2.08. The molecule has 0 amide bonds. The van der Waals surface area contributed by atoms with Crippen molar-refractivity contribution in [3.8, 4) is 0 Å². The van der Waals surface area contributed by atoms with E-state index < -0.39 is 0 Å². The van der Waals surface area contributed by atoms with E-state index in [0.717, 1.165) is 25.9 Å². The molecule has 0 aliphatic carbocycles. The summed E-state index contributed by atoms with van der Waals surface area (Å²) in [6, 6.07) is 3.52. The quantitative estimate of drug-likeness (QED) is 0.768. The second kappa shape index (κ2) is 5.63. The third kappa shape index (κ3) is 2.74. The highest BCUT2D eigenvalue weighted by atomic mass is 16.4. The third-order valence-corrected chi connectivity index (χ3v) is 2.59. The Morgan fingerprint density at radius 1 is 1.47 bits per heavy atom. The molecule has 0 aliphatic rings. The fraction of sp³-hybridized carbons (Fsp3) is 0.500. The van der Waals surface area contributed by atoms with Gasteiger partial charge in [0.05, 0.1) is 0 Å². The number of rotatable bonds is 6. The van der Waals surface area contributed by atoms with E-state index in [1.54, 1.807) is 22.9 Å². The lowest BCUT2D eigenvalue weighted by Crippen LogP contribution is -2.21. The van der Waals surface area contributed by atoms with E-state index in [4.69, 9.17) is 4.42 Å². The Labute approximate surface area is 99.5 Å². The van der Waals surface area contributed by atoms with Gasteiger partial charge in [-0.25, -0.2) is 9.78 Å². The van der Waals surface area contributed by atoms with E-state index in [0.29, 0.717) is 17.8 Å². The molecule has 0 saturated heterocycles. The summed E-state index contributed by atoms with van der Waals surface area (Å²) in [5, 5.41) is 3.30. The molecule has 0 fully saturated rings. The summed E-state index contributed by atoms with van der Waals surface area (Å²) in [5.41, 5.74) is 1.19. The Hall–Kier alpha value is -1.62. The largest absolute Gasteiger partial charge is 0.421 e. The predicted molar refractivity (Wildman–Crippen MR) is 66.0 cm³/mol. The summed E-state index contributed by atoms with van der Waals surface area (Å²) in [6.07, 6.45) is 3.68. The number of fused-ring (bicyclic) bond motifs is 1. The maximum Gasteiger partial charge on any atom is 0.421 e. The molecule has 2 aromatic heterocycles. The molecule has 0 atom stereocenters. The van der Waals surface area contributed by atoms with Crippen LogP contribution in [0.2, 0.25) is 0 Å². The Balaban J connectivity index is 2.03. The van der Waals surface area contributed by atoms with Gasteiger partial charge in [-0.3, -0.25) is 4.57 Å². The number of aromatic nitrogens is 2. The molecular formula is C12H17N3O2. The molecule has 0 unspecified atom stereocenters. The zero-order chi connectivity index (χ0) is 12.1. The van der Waals surface area contributed by atoms with Crippen LogP contribution < -0.4 is 11.1 Å². The van der Waals surface area contributed by atoms with Gasteiger partial charge in [0.25, 0.3) is 0 Å². The third-order valence-electron chi connectivity index (χ3n) is 2.59. The van der Waals surface area contributed by atoms with E-state index in [1.165, 1.54) is 0 Å². The van der Waals surface area contributed by atoms with Crippen LogP contribution in [0.25, 0.3) is 11.2 Å². The van der Waals surface area contributed by atoms with Crippen LogP contribution in [0, 0.1) is 0 Å². The first-order valence-electron chi connectivity index (χ1n) is 5.98. The summed E-state index contributed by atoms with van der Waals surface area (Å²) < 4.78 is 6.69. The fourth-order valence-electron chi connectivity index (χ4n) is 1.76. The zero-order valence-electron chi connectivity index (χ0n) is 9.98. The first-order valence-corrected chi connectivity index (χ1v) is 5.98. The summed E-state index contributed by atoms with van der Waals surface area (Å²) in [5.74, 6) is -0.325. The Bertz CT molecular complexity index is 530. The lowest BCUT2D eigenvalue weighted by Gasteiger charge is -2.03. The van der Waals surface area contributed by atoms with E-state index >= 15 is 0 Å². The lowest BCUT2D eigenvalue weighted by molar-refractivity contribution is 0.490. The van der Waals surface area contributed by atoms with Gasteiger partial charge in [-0.15, -0.1) is 0 Å². The van der Waals surface area contributed by atoms with E-state index in [9.17, 15) is 4.79 Å². The van der Waals surface area contributed by atoms with Crippen LogP contribution in [0.1, 0.15) is 19.8 Å². The smallest absolute Gasteiger partial charge is 0.406 e. The minimum Gasteiger partial charge on any atom is -0.406 e. The second-order valence-corrected chi connectivity index (χ2v) is 3.95. The van der Waals surface area contributed by atoms with Gasteiger partial charge in [-0.2, -0.15) is 0 Å². The minimum atomic E-state index is -0.325. The molecular weight excluding hydrogens is 218 g/mol. The number of hydrogen-bond acceptors (Lipinski definition) is 4. The Morgan fingerprint density at radius 3 is 3.18 bits per heavy atom. The summed E-state index contributed by atoms with van der Waals surface area (Å²) in [7, 11) is 0. The first kappa shape index (κ1) is 11.9. The van der Waals surface area contributed by atoms with Crippen LogP contribution in [0.5, 0.6) is 0 Å². The molecule has 0 bridgehead atoms. The maximum atomic E-state index is 11.6. The Kier molecular flexibility index (Phi) is 3.93. The van der Waals surface area contributed by atoms with Crippen molar-refractivity contribution >= 4 is 11.2 Å². The lowest BCUT2D eigenvalue weighted by atomic mass is 10.4. The van der Waals surface area contributed by atoms with Gasteiger partial charge in [-0.1, -0.05) is 6.92 Å². The van der Waals surface area contributed by atoms with Gasteiger partial charge < -0.3 is 9.73 Å². The van der Waals surface area contributed by atoms with Crippen molar-refractivity contribution in [1.82, 2.24) is 14.9 Å². The highest BCUT2D eigenvalue weighted by molar-refractivity contribution is 5.67. The molecule has 0 aromatic carbocycles. The van der Waals surface area contributed by atoms with Crippen molar-refractivity contribution in [3.63, 3.8) is 0 Å². The molecule has 0 saturated carbocycles. The molecule has 1 N–H and O–H groups in total. The summed E-state index contributed by atoms with van der Waals surface area (Å²) in [4.78, 5) is 15.8. The monoisotopic (exact) mass is 235 g/mol. The fourth-order valence-corrected chi connectivity index (χ4v) is 1.76. The average Bonchev–Trinajstić information content (AvgIpc) is 2.65. The average molecular weight is 235 g/mol. The summed E-state index contributed by atoms with van der Waals surface area (Å²) >= 11 is 0. The molecule has 0 aliphatic heterocycles. The molecule has 2 rings (SSSR count). The van der Waals surface area contributed by atoms with Gasteiger partial charge in [0.15, 0.2) is 11.2 Å². The SMILES string of the molecule is CCCNCCCn1c(=O)oc2cccnc21. The van der Waals surface area contributed by atoms with Gasteiger partial charge in [0.1, 0.15) is 0 Å². The molecule has 92 valence electrons.